The van der Waals surface area contributed by atoms with Gasteiger partial charge in [0, 0.05) is 12.3 Å². The molecule has 0 saturated carbocycles. The Morgan fingerprint density at radius 2 is 2.43 bits per heavy atom. The first-order valence-corrected chi connectivity index (χ1v) is 4.91. The van der Waals surface area contributed by atoms with E-state index in [2.05, 4.69) is 10.3 Å². The van der Waals surface area contributed by atoms with Crippen LogP contribution in [0.2, 0.25) is 0 Å². The first-order valence-electron chi connectivity index (χ1n) is 3.96. The van der Waals surface area contributed by atoms with Gasteiger partial charge in [-0.2, -0.15) is 0 Å². The molecule has 0 bridgehead atoms. The molecule has 0 radical (unpaired) electrons. The maximum absolute atomic E-state index is 10.8. The van der Waals surface area contributed by atoms with Crippen LogP contribution in [-0.2, 0) is 9.59 Å². The van der Waals surface area contributed by atoms with E-state index < -0.39 is 12.0 Å². The van der Waals surface area contributed by atoms with Gasteiger partial charge in [0.1, 0.15) is 0 Å². The fourth-order valence-corrected chi connectivity index (χ4v) is 1.65. The topological polar surface area (TPSA) is 79.3 Å². The quantitative estimate of drug-likeness (QED) is 0.776. The van der Waals surface area contributed by atoms with Crippen LogP contribution in [0.1, 0.15) is 25.1 Å². The molecule has 0 fully saturated rings. The zero-order valence-electron chi connectivity index (χ0n) is 7.56. The van der Waals surface area contributed by atoms with Gasteiger partial charge in [-0.15, -0.1) is 11.3 Å². The molecule has 1 heterocycles. The van der Waals surface area contributed by atoms with E-state index in [0.29, 0.717) is 5.69 Å². The van der Waals surface area contributed by atoms with Crippen LogP contribution in [0.15, 0.2) is 10.9 Å². The molecule has 5 nitrogen and oxygen atoms in total. The highest BCUT2D eigenvalue weighted by atomic mass is 32.1. The van der Waals surface area contributed by atoms with Crippen molar-refractivity contribution in [3.8, 4) is 0 Å². The van der Waals surface area contributed by atoms with Crippen molar-refractivity contribution in [3.05, 3.63) is 16.6 Å². The van der Waals surface area contributed by atoms with Gasteiger partial charge in [0.25, 0.3) is 0 Å². The third kappa shape index (κ3) is 3.14. The summed E-state index contributed by atoms with van der Waals surface area (Å²) in [4.78, 5) is 25.3. The number of amides is 1. The number of rotatable bonds is 4. The second kappa shape index (κ2) is 4.71. The molecule has 1 amide bonds. The Morgan fingerprint density at radius 3 is 2.86 bits per heavy atom. The summed E-state index contributed by atoms with van der Waals surface area (Å²) in [5, 5.41) is 12.9. The molecular weight excluding hydrogens is 204 g/mol. The van der Waals surface area contributed by atoms with E-state index in [9.17, 15) is 9.59 Å². The summed E-state index contributed by atoms with van der Waals surface area (Å²) in [6, 6.07) is -0.531. The lowest BCUT2D eigenvalue weighted by molar-refractivity contribution is -0.137. The molecule has 0 saturated heterocycles. The van der Waals surface area contributed by atoms with Gasteiger partial charge in [-0.05, 0) is 0 Å². The minimum atomic E-state index is -0.961. The van der Waals surface area contributed by atoms with Crippen LogP contribution < -0.4 is 5.32 Å². The Bertz CT molecular complexity index is 307. The van der Waals surface area contributed by atoms with Gasteiger partial charge < -0.3 is 10.4 Å². The van der Waals surface area contributed by atoms with Crippen LogP contribution in [0, 0.1) is 0 Å². The molecule has 14 heavy (non-hydrogen) atoms. The summed E-state index contributed by atoms with van der Waals surface area (Å²) in [5.74, 6) is -1.22. The Morgan fingerprint density at radius 1 is 1.71 bits per heavy atom. The van der Waals surface area contributed by atoms with Crippen LogP contribution in [0.4, 0.5) is 0 Å². The molecule has 0 aliphatic carbocycles. The van der Waals surface area contributed by atoms with Crippen molar-refractivity contribution in [1.82, 2.24) is 10.3 Å². The van der Waals surface area contributed by atoms with Gasteiger partial charge in [-0.1, -0.05) is 0 Å². The number of aliphatic carboxylic acids is 1. The third-order valence-electron chi connectivity index (χ3n) is 1.56. The highest BCUT2D eigenvalue weighted by Crippen LogP contribution is 2.16. The number of hydrogen-bond acceptors (Lipinski definition) is 4. The molecule has 0 aliphatic heterocycles. The van der Waals surface area contributed by atoms with Crippen molar-refractivity contribution < 1.29 is 14.7 Å². The van der Waals surface area contributed by atoms with Crippen LogP contribution in [0.3, 0.4) is 0 Å². The Hall–Kier alpha value is -1.43. The first-order chi connectivity index (χ1) is 6.59. The van der Waals surface area contributed by atoms with Crippen LogP contribution in [0.5, 0.6) is 0 Å². The number of carboxylic acid groups (broad SMARTS) is 1. The minimum absolute atomic E-state index is 0.149. The molecule has 0 unspecified atom stereocenters. The number of carbonyl (C=O) groups is 2. The monoisotopic (exact) mass is 214 g/mol. The molecule has 0 aliphatic rings. The summed E-state index contributed by atoms with van der Waals surface area (Å²) in [6.07, 6.45) is -0.149. The SMILES string of the molecule is CC(=O)N[C@H](CC(=O)O)c1cscn1. The number of nitrogens with one attached hydrogen (secondary N) is 1. The number of carbonyl (C=O) groups excluding carboxylic acids is 1. The molecule has 0 spiro atoms. The van der Waals surface area contributed by atoms with Crippen LogP contribution >= 0.6 is 11.3 Å². The van der Waals surface area contributed by atoms with E-state index in [-0.39, 0.29) is 12.3 Å². The minimum Gasteiger partial charge on any atom is -0.481 e. The smallest absolute Gasteiger partial charge is 0.305 e. The number of nitrogens with zero attached hydrogens (tertiary/aromatic N) is 1. The lowest BCUT2D eigenvalue weighted by atomic mass is 10.1. The van der Waals surface area contributed by atoms with Gasteiger partial charge in [0.2, 0.25) is 5.91 Å². The molecular formula is C8H10N2O3S. The number of hydrogen-bond donors (Lipinski definition) is 2. The van der Waals surface area contributed by atoms with E-state index in [0.717, 1.165) is 0 Å². The van der Waals surface area contributed by atoms with Crippen LogP contribution in [0.25, 0.3) is 0 Å². The van der Waals surface area contributed by atoms with E-state index in [1.54, 1.807) is 10.9 Å². The van der Waals surface area contributed by atoms with Gasteiger partial charge in [0.15, 0.2) is 0 Å². The number of thiazole rings is 1. The molecule has 1 rings (SSSR count). The van der Waals surface area contributed by atoms with E-state index in [4.69, 9.17) is 5.11 Å². The van der Waals surface area contributed by atoms with Crippen molar-refractivity contribution in [2.75, 3.05) is 0 Å². The summed E-state index contributed by atoms with van der Waals surface area (Å²) in [7, 11) is 0. The van der Waals surface area contributed by atoms with Gasteiger partial charge in [0.05, 0.1) is 23.7 Å². The van der Waals surface area contributed by atoms with Crippen molar-refractivity contribution in [3.63, 3.8) is 0 Å². The second-order valence-electron chi connectivity index (χ2n) is 2.76. The van der Waals surface area contributed by atoms with Crippen molar-refractivity contribution >= 4 is 23.2 Å². The number of carboxylic acids is 1. The molecule has 0 aromatic carbocycles. The van der Waals surface area contributed by atoms with Crippen molar-refractivity contribution in [2.45, 2.75) is 19.4 Å². The van der Waals surface area contributed by atoms with E-state index in [1.807, 2.05) is 0 Å². The standard InChI is InChI=1S/C8H10N2O3S/c1-5(11)10-6(2-8(12)13)7-3-14-4-9-7/h3-4,6H,2H2,1H3,(H,10,11)(H,12,13)/t6-/m1/s1. The summed E-state index contributed by atoms with van der Waals surface area (Å²) >= 11 is 1.37. The summed E-state index contributed by atoms with van der Waals surface area (Å²) in [6.45, 7) is 1.35. The van der Waals surface area contributed by atoms with Gasteiger partial charge >= 0.3 is 5.97 Å². The zero-order chi connectivity index (χ0) is 10.6. The van der Waals surface area contributed by atoms with Crippen molar-refractivity contribution in [1.29, 1.82) is 0 Å². The maximum Gasteiger partial charge on any atom is 0.305 e. The lowest BCUT2D eigenvalue weighted by Gasteiger charge is -2.12. The Balaban J connectivity index is 2.71. The van der Waals surface area contributed by atoms with Gasteiger partial charge in [-0.25, -0.2) is 4.98 Å². The summed E-state index contributed by atoms with van der Waals surface area (Å²) < 4.78 is 0. The first kappa shape index (κ1) is 10.6. The predicted octanol–water partition coefficient (Wildman–Crippen LogP) is 0.795. The normalized spacial score (nSPS) is 12.1. The largest absolute Gasteiger partial charge is 0.481 e. The average Bonchev–Trinajstić information content (AvgIpc) is 2.52. The second-order valence-corrected chi connectivity index (χ2v) is 3.48. The molecule has 1 atom stereocenters. The average molecular weight is 214 g/mol. The molecule has 1 aromatic heterocycles. The third-order valence-corrected chi connectivity index (χ3v) is 2.17. The fourth-order valence-electron chi connectivity index (χ4n) is 1.04. The van der Waals surface area contributed by atoms with Gasteiger partial charge in [-0.3, -0.25) is 9.59 Å². The molecule has 1 aromatic rings. The zero-order valence-corrected chi connectivity index (χ0v) is 8.37. The highest BCUT2D eigenvalue weighted by molar-refractivity contribution is 7.07. The highest BCUT2D eigenvalue weighted by Gasteiger charge is 2.17. The molecule has 6 heteroatoms. The Labute approximate surface area is 84.8 Å². The lowest BCUT2D eigenvalue weighted by Crippen LogP contribution is -2.28. The maximum atomic E-state index is 10.8. The Kier molecular flexibility index (Phi) is 3.58. The predicted molar refractivity (Wildman–Crippen MR) is 50.9 cm³/mol. The van der Waals surface area contributed by atoms with Crippen molar-refractivity contribution in [2.24, 2.45) is 0 Å². The number of aromatic nitrogens is 1. The fraction of sp³-hybridized carbons (Fsp3) is 0.375. The molecule has 76 valence electrons. The van der Waals surface area contributed by atoms with E-state index >= 15 is 0 Å². The van der Waals surface area contributed by atoms with E-state index in [1.165, 1.54) is 18.3 Å². The molecule has 2 N–H and O–H groups in total. The van der Waals surface area contributed by atoms with Crippen LogP contribution in [-0.4, -0.2) is 22.0 Å². The summed E-state index contributed by atoms with van der Waals surface area (Å²) in [5.41, 5.74) is 2.19.